The second kappa shape index (κ2) is 11.5. The van der Waals surface area contributed by atoms with Gasteiger partial charge >= 0.3 is 6.55 Å². The van der Waals surface area contributed by atoms with Gasteiger partial charge in [0.05, 0.1) is 29.6 Å². The zero-order valence-corrected chi connectivity index (χ0v) is 21.5. The highest BCUT2D eigenvalue weighted by Crippen LogP contribution is 2.30. The van der Waals surface area contributed by atoms with Gasteiger partial charge in [-0.2, -0.15) is 19.0 Å². The zero-order chi connectivity index (χ0) is 27.4. The summed E-state index contributed by atoms with van der Waals surface area (Å²) in [4.78, 5) is 23.3. The van der Waals surface area contributed by atoms with Crippen molar-refractivity contribution in [3.05, 3.63) is 83.2 Å². The summed E-state index contributed by atoms with van der Waals surface area (Å²) in [5, 5.41) is 8.33. The van der Waals surface area contributed by atoms with Crippen molar-refractivity contribution in [1.29, 1.82) is 0 Å². The number of benzene rings is 2. The molecule has 2 N–H and O–H groups in total. The third-order valence-electron chi connectivity index (χ3n) is 5.90. The van der Waals surface area contributed by atoms with Crippen LogP contribution in [0.5, 0.6) is 0 Å². The molecule has 0 aliphatic heterocycles. The maximum Gasteiger partial charge on any atom is 0.333 e. The Hall–Kier alpha value is -4.16. The topological polar surface area (TPSA) is 116 Å². The van der Waals surface area contributed by atoms with Crippen LogP contribution in [0.15, 0.2) is 66.2 Å². The number of amides is 1. The number of rotatable bonds is 8. The summed E-state index contributed by atoms with van der Waals surface area (Å²) in [6, 6.07) is 11.1. The SMILES string of the molecule is CN=C(N)N(C(=O)c1ccc(-c2cnn(C(F)F)c2)cc1)C(COC)c1ccc(Cl)c(-n2ncnc2C)c1. The number of ether oxygens (including phenoxy) is 1. The minimum Gasteiger partial charge on any atom is -0.382 e. The number of hydrogen-bond donors (Lipinski definition) is 1. The van der Waals surface area contributed by atoms with Crippen molar-refractivity contribution >= 4 is 23.5 Å². The lowest BCUT2D eigenvalue weighted by atomic mass is 10.0. The molecule has 4 aromatic rings. The average Bonchev–Trinajstić information content (AvgIpc) is 3.58. The van der Waals surface area contributed by atoms with Crippen LogP contribution in [0.2, 0.25) is 5.02 Å². The number of methoxy groups -OCH3 is 1. The van der Waals surface area contributed by atoms with Crippen molar-refractivity contribution in [1.82, 2.24) is 29.4 Å². The van der Waals surface area contributed by atoms with Crippen molar-refractivity contribution in [3.8, 4) is 16.8 Å². The predicted molar refractivity (Wildman–Crippen MR) is 138 cm³/mol. The molecule has 1 unspecified atom stereocenters. The molecule has 1 amide bonds. The van der Waals surface area contributed by atoms with Gasteiger partial charge in [-0.1, -0.05) is 29.8 Å². The fourth-order valence-electron chi connectivity index (χ4n) is 3.96. The van der Waals surface area contributed by atoms with Crippen LogP contribution in [0.4, 0.5) is 8.78 Å². The first-order valence-corrected chi connectivity index (χ1v) is 11.8. The second-order valence-electron chi connectivity index (χ2n) is 8.22. The van der Waals surface area contributed by atoms with E-state index in [2.05, 4.69) is 20.2 Å². The number of aryl methyl sites for hydroxylation is 1. The van der Waals surface area contributed by atoms with Crippen LogP contribution in [0.1, 0.15) is 34.3 Å². The van der Waals surface area contributed by atoms with E-state index in [1.54, 1.807) is 54.1 Å². The standard InChI is InChI=1S/C25H25ClF2N8O2/c1-15-31-14-33-36(15)21-10-18(8-9-20(21)26)22(13-38-3)35(25(29)30-2)23(37)17-6-4-16(5-7-17)19-11-32-34(12-19)24(27)28/h4-12,14,22,24H,13H2,1-3H3,(H2,29,30). The molecule has 0 saturated carbocycles. The largest absolute Gasteiger partial charge is 0.382 e. The van der Waals surface area contributed by atoms with Gasteiger partial charge in [-0.15, -0.1) is 0 Å². The van der Waals surface area contributed by atoms with Gasteiger partial charge in [-0.25, -0.2) is 14.3 Å². The summed E-state index contributed by atoms with van der Waals surface area (Å²) >= 11 is 6.46. The maximum atomic E-state index is 13.8. The van der Waals surface area contributed by atoms with Crippen LogP contribution in [-0.4, -0.2) is 62.1 Å². The third kappa shape index (κ3) is 5.41. The third-order valence-corrected chi connectivity index (χ3v) is 6.22. The molecule has 1 atom stereocenters. The number of halogens is 3. The molecule has 0 saturated heterocycles. The van der Waals surface area contributed by atoms with E-state index < -0.39 is 18.5 Å². The van der Waals surface area contributed by atoms with E-state index in [1.807, 2.05) is 0 Å². The van der Waals surface area contributed by atoms with E-state index >= 15 is 0 Å². The van der Waals surface area contributed by atoms with Crippen LogP contribution in [0, 0.1) is 6.92 Å². The first-order chi connectivity index (χ1) is 18.2. The van der Waals surface area contributed by atoms with Crippen LogP contribution in [0.3, 0.4) is 0 Å². The number of guanidine groups is 1. The Morgan fingerprint density at radius 2 is 1.92 bits per heavy atom. The smallest absolute Gasteiger partial charge is 0.333 e. The van der Waals surface area contributed by atoms with E-state index in [0.717, 1.165) is 0 Å². The number of nitrogens with zero attached hydrogens (tertiary/aromatic N) is 7. The van der Waals surface area contributed by atoms with Gasteiger partial charge in [-0.3, -0.25) is 14.7 Å². The summed E-state index contributed by atoms with van der Waals surface area (Å²) in [6.45, 7) is -0.846. The van der Waals surface area contributed by atoms with E-state index in [1.165, 1.54) is 37.8 Å². The van der Waals surface area contributed by atoms with Crippen molar-refractivity contribution in [2.75, 3.05) is 20.8 Å². The number of alkyl halides is 2. The minimum absolute atomic E-state index is 0.0206. The lowest BCUT2D eigenvalue weighted by molar-refractivity contribution is 0.0566. The first-order valence-electron chi connectivity index (χ1n) is 11.4. The van der Waals surface area contributed by atoms with E-state index in [9.17, 15) is 13.6 Å². The highest BCUT2D eigenvalue weighted by Gasteiger charge is 2.30. The summed E-state index contributed by atoms with van der Waals surface area (Å²) in [5.74, 6) is 0.181. The molecule has 0 spiro atoms. The van der Waals surface area contributed by atoms with E-state index in [4.69, 9.17) is 22.1 Å². The Morgan fingerprint density at radius 1 is 1.18 bits per heavy atom. The molecule has 0 bridgehead atoms. The minimum atomic E-state index is -2.74. The molecule has 10 nitrogen and oxygen atoms in total. The monoisotopic (exact) mass is 542 g/mol. The average molecular weight is 543 g/mol. The fourth-order valence-corrected chi connectivity index (χ4v) is 4.16. The van der Waals surface area contributed by atoms with Crippen LogP contribution in [-0.2, 0) is 4.74 Å². The Balaban J connectivity index is 1.70. The highest BCUT2D eigenvalue weighted by atomic mass is 35.5. The zero-order valence-electron chi connectivity index (χ0n) is 20.8. The molecule has 198 valence electrons. The Morgan fingerprint density at radius 3 is 2.50 bits per heavy atom. The molecule has 0 fully saturated rings. The molecule has 2 heterocycles. The number of aromatic nitrogens is 5. The van der Waals surface area contributed by atoms with Gasteiger partial charge < -0.3 is 10.5 Å². The number of carbonyl (C=O) groups is 1. The van der Waals surface area contributed by atoms with Crippen LogP contribution in [0.25, 0.3) is 16.8 Å². The normalized spacial score (nSPS) is 12.7. The Kier molecular flexibility index (Phi) is 8.13. The second-order valence-corrected chi connectivity index (χ2v) is 8.63. The van der Waals surface area contributed by atoms with Crippen LogP contribution < -0.4 is 5.73 Å². The lowest BCUT2D eigenvalue weighted by Gasteiger charge is -2.31. The lowest BCUT2D eigenvalue weighted by Crippen LogP contribution is -2.45. The van der Waals surface area contributed by atoms with E-state index in [0.29, 0.717) is 43.5 Å². The maximum absolute atomic E-state index is 13.8. The fraction of sp³-hybridized carbons (Fsp3) is 0.240. The molecule has 4 rings (SSSR count). The van der Waals surface area contributed by atoms with Crippen molar-refractivity contribution in [3.63, 3.8) is 0 Å². The molecular weight excluding hydrogens is 518 g/mol. The Labute approximate surface area is 222 Å². The van der Waals surface area contributed by atoms with Gasteiger partial charge in [0.2, 0.25) is 0 Å². The number of nitrogens with two attached hydrogens (primary N) is 1. The van der Waals surface area contributed by atoms with Crippen molar-refractivity contribution in [2.24, 2.45) is 10.7 Å². The molecule has 38 heavy (non-hydrogen) atoms. The molecule has 0 aliphatic carbocycles. The summed E-state index contributed by atoms with van der Waals surface area (Å²) in [6.07, 6.45) is 3.99. The molecular formula is C25H25ClF2N8O2. The molecule has 2 aromatic carbocycles. The first kappa shape index (κ1) is 26.9. The van der Waals surface area contributed by atoms with Crippen molar-refractivity contribution in [2.45, 2.75) is 19.5 Å². The summed E-state index contributed by atoms with van der Waals surface area (Å²) in [7, 11) is 3.00. The van der Waals surface area contributed by atoms with Gasteiger partial charge in [0.25, 0.3) is 5.91 Å². The van der Waals surface area contributed by atoms with Gasteiger partial charge in [0, 0.05) is 31.5 Å². The summed E-state index contributed by atoms with van der Waals surface area (Å²) < 4.78 is 33.4. The van der Waals surface area contributed by atoms with Gasteiger partial charge in [0.15, 0.2) is 5.96 Å². The number of hydrogen-bond acceptors (Lipinski definition) is 6. The summed E-state index contributed by atoms with van der Waals surface area (Å²) in [5.41, 5.74) is 8.90. The molecule has 13 heteroatoms. The molecule has 0 radical (unpaired) electrons. The van der Waals surface area contributed by atoms with Gasteiger partial charge in [0.1, 0.15) is 12.2 Å². The van der Waals surface area contributed by atoms with Gasteiger partial charge in [-0.05, 0) is 42.3 Å². The van der Waals surface area contributed by atoms with E-state index in [-0.39, 0.29) is 12.6 Å². The molecule has 0 aliphatic rings. The predicted octanol–water partition coefficient (Wildman–Crippen LogP) is 4.26. The Bertz CT molecular complexity index is 1450. The number of carbonyl (C=O) groups excluding carboxylic acids is 1. The number of aliphatic imine (C=N–C) groups is 1. The highest BCUT2D eigenvalue weighted by molar-refractivity contribution is 6.32. The van der Waals surface area contributed by atoms with Crippen molar-refractivity contribution < 1.29 is 18.3 Å². The molecule has 2 aromatic heterocycles. The quantitative estimate of drug-likeness (QED) is 0.263. The van der Waals surface area contributed by atoms with Crippen LogP contribution >= 0.6 is 11.6 Å².